The number of carbonyl (C=O) groups is 2. The molecule has 0 radical (unpaired) electrons. The maximum absolute atomic E-state index is 14.0. The molecule has 4 heterocycles. The molecule has 0 unspecified atom stereocenters. The van der Waals surface area contributed by atoms with Gasteiger partial charge in [-0.15, -0.1) is 11.3 Å². The van der Waals surface area contributed by atoms with Crippen LogP contribution in [-0.4, -0.2) is 57.7 Å². The van der Waals surface area contributed by atoms with E-state index < -0.39 is 6.04 Å². The van der Waals surface area contributed by atoms with Gasteiger partial charge in [0.05, 0.1) is 56.8 Å². The highest BCUT2D eigenvalue weighted by atomic mass is 32.1. The second kappa shape index (κ2) is 11.9. The van der Waals surface area contributed by atoms with E-state index in [4.69, 9.17) is 9.72 Å². The first-order valence-corrected chi connectivity index (χ1v) is 16.3. The first-order valence-electron chi connectivity index (χ1n) is 15.4. The van der Waals surface area contributed by atoms with Gasteiger partial charge in [-0.3, -0.25) is 9.59 Å². The molecule has 0 bridgehead atoms. The van der Waals surface area contributed by atoms with Crippen LogP contribution in [0.5, 0.6) is 0 Å². The largest absolute Gasteiger partial charge is 0.378 e. The lowest BCUT2D eigenvalue weighted by molar-refractivity contribution is -0.135. The summed E-state index contributed by atoms with van der Waals surface area (Å²) < 4.78 is 21.5. The number of hydrogen-bond acceptors (Lipinski definition) is 6. The first-order chi connectivity index (χ1) is 21.4. The molecule has 1 saturated heterocycles. The van der Waals surface area contributed by atoms with Crippen molar-refractivity contribution in [3.05, 3.63) is 70.4 Å². The van der Waals surface area contributed by atoms with Crippen LogP contribution in [0.4, 0.5) is 4.39 Å². The molecular weight excluding hydrogens is 575 g/mol. The molecule has 1 saturated carbocycles. The highest BCUT2D eigenvalue weighted by molar-refractivity contribution is 7.15. The molecule has 7 nitrogen and oxygen atoms in total. The Kier molecular flexibility index (Phi) is 7.76. The highest BCUT2D eigenvalue weighted by Crippen LogP contribution is 2.45. The molecule has 5 aromatic rings. The van der Waals surface area contributed by atoms with Gasteiger partial charge in [0, 0.05) is 23.9 Å². The van der Waals surface area contributed by atoms with Gasteiger partial charge in [0.1, 0.15) is 6.54 Å². The minimum Gasteiger partial charge on any atom is -0.378 e. The van der Waals surface area contributed by atoms with Crippen LogP contribution in [-0.2, 0) is 16.1 Å². The minimum atomic E-state index is -1.47. The number of nitrogens with zero attached hydrogens (tertiary/aromatic N) is 4. The third kappa shape index (κ3) is 5.32. The maximum Gasteiger partial charge on any atom is 0.332 e. The van der Waals surface area contributed by atoms with Gasteiger partial charge in [-0.2, -0.15) is 4.39 Å². The van der Waals surface area contributed by atoms with Crippen molar-refractivity contribution in [3.63, 3.8) is 0 Å². The van der Waals surface area contributed by atoms with Crippen molar-refractivity contribution < 1.29 is 18.7 Å². The van der Waals surface area contributed by atoms with Crippen molar-refractivity contribution in [2.24, 2.45) is 0 Å². The molecule has 9 heteroatoms. The maximum atomic E-state index is 14.0. The van der Waals surface area contributed by atoms with Crippen LogP contribution in [0.1, 0.15) is 64.6 Å². The van der Waals surface area contributed by atoms with Crippen molar-refractivity contribution in [1.82, 2.24) is 19.4 Å². The Hall–Kier alpha value is -3.95. The second-order valence-electron chi connectivity index (χ2n) is 11.9. The Morgan fingerprint density at radius 3 is 2.50 bits per heavy atom. The van der Waals surface area contributed by atoms with Crippen molar-refractivity contribution in [2.45, 2.75) is 58.4 Å². The van der Waals surface area contributed by atoms with E-state index in [0.717, 1.165) is 80.0 Å². The molecule has 44 heavy (non-hydrogen) atoms. The number of aromatic nitrogens is 3. The van der Waals surface area contributed by atoms with Crippen LogP contribution in [0.15, 0.2) is 48.5 Å². The van der Waals surface area contributed by atoms with Crippen LogP contribution in [0.3, 0.4) is 0 Å². The number of amides is 1. The van der Waals surface area contributed by atoms with Gasteiger partial charge in [0.15, 0.2) is 0 Å². The van der Waals surface area contributed by atoms with Gasteiger partial charge in [-0.05, 0) is 74.1 Å². The van der Waals surface area contributed by atoms with E-state index in [1.165, 1.54) is 12.0 Å². The molecule has 2 aromatic carbocycles. The fraction of sp³-hybridized carbons (Fsp3) is 0.371. The standard InChI is InChI=1S/C35H35FN4O3S/c1-21-34(44-22(2)37-21)29-13-9-24-18-25(10-12-28(24)38-29)33-32(23-6-4-3-5-7-23)27-11-8-26(35(36)42)19-30(27)40(33)20-31(41)39-14-16-43-17-15-39/h8-13,18-19,23H,3-7,14-17,20H2,1-2H3. The molecule has 3 aromatic heterocycles. The van der Waals surface area contributed by atoms with Gasteiger partial charge in [0.2, 0.25) is 5.91 Å². The lowest BCUT2D eigenvalue weighted by Gasteiger charge is -2.28. The molecule has 0 spiro atoms. The first kappa shape index (κ1) is 28.8. The summed E-state index contributed by atoms with van der Waals surface area (Å²) in [5.41, 5.74) is 6.63. The summed E-state index contributed by atoms with van der Waals surface area (Å²) >= 11 is 1.65. The Bertz CT molecular complexity index is 1900. The van der Waals surface area contributed by atoms with E-state index in [1.54, 1.807) is 23.5 Å². The van der Waals surface area contributed by atoms with E-state index in [0.29, 0.717) is 32.2 Å². The number of thiazole rings is 1. The number of carbonyl (C=O) groups excluding carboxylic acids is 2. The van der Waals surface area contributed by atoms with Gasteiger partial charge < -0.3 is 14.2 Å². The van der Waals surface area contributed by atoms with Crippen LogP contribution in [0.25, 0.3) is 43.6 Å². The molecule has 0 N–H and O–H groups in total. The van der Waals surface area contributed by atoms with Gasteiger partial charge in [-0.1, -0.05) is 37.5 Å². The highest BCUT2D eigenvalue weighted by Gasteiger charge is 2.29. The van der Waals surface area contributed by atoms with Gasteiger partial charge in [0.25, 0.3) is 0 Å². The summed E-state index contributed by atoms with van der Waals surface area (Å²) in [6.45, 7) is 6.23. The van der Waals surface area contributed by atoms with E-state index in [2.05, 4.69) is 23.2 Å². The molecule has 1 amide bonds. The fourth-order valence-corrected chi connectivity index (χ4v) is 7.88. The molecule has 1 aliphatic heterocycles. The summed E-state index contributed by atoms with van der Waals surface area (Å²) in [5.74, 6) is 0.294. The third-order valence-corrected chi connectivity index (χ3v) is 10.2. The van der Waals surface area contributed by atoms with Gasteiger partial charge >= 0.3 is 6.04 Å². The average Bonchev–Trinajstić information content (AvgIpc) is 3.56. The average molecular weight is 611 g/mol. The number of morpholine rings is 1. The molecule has 1 aliphatic carbocycles. The number of pyridine rings is 1. The lowest BCUT2D eigenvalue weighted by atomic mass is 9.81. The summed E-state index contributed by atoms with van der Waals surface area (Å²) in [4.78, 5) is 38.0. The molecule has 7 rings (SSSR count). The van der Waals surface area contributed by atoms with E-state index in [1.807, 2.05) is 41.5 Å². The van der Waals surface area contributed by atoms with Crippen LogP contribution >= 0.6 is 11.3 Å². The quantitative estimate of drug-likeness (QED) is 0.185. The molecule has 0 atom stereocenters. The summed E-state index contributed by atoms with van der Waals surface area (Å²) in [5, 5.41) is 2.99. The van der Waals surface area contributed by atoms with Crippen LogP contribution in [0, 0.1) is 13.8 Å². The van der Waals surface area contributed by atoms with E-state index >= 15 is 0 Å². The number of hydrogen-bond donors (Lipinski definition) is 0. The fourth-order valence-electron chi connectivity index (χ4n) is 6.99. The Morgan fingerprint density at radius 1 is 0.977 bits per heavy atom. The zero-order chi connectivity index (χ0) is 30.4. The zero-order valence-electron chi connectivity index (χ0n) is 25.1. The van der Waals surface area contributed by atoms with Crippen LogP contribution < -0.4 is 0 Å². The SMILES string of the molecule is Cc1nc(C)c(-c2ccc3cc(-c4c(C5CCCCC5)c5ccc(C(=O)F)cc5n4CC(=O)N4CCOCC4)ccc3n2)s1. The molecule has 2 aliphatic rings. The molecule has 2 fully saturated rings. The van der Waals surface area contributed by atoms with Crippen LogP contribution in [0.2, 0.25) is 0 Å². The molecular formula is C35H35FN4O3S. The third-order valence-electron chi connectivity index (χ3n) is 9.10. The van der Waals surface area contributed by atoms with Crippen molar-refractivity contribution in [1.29, 1.82) is 0 Å². The number of aryl methyl sites for hydroxylation is 2. The Morgan fingerprint density at radius 2 is 1.77 bits per heavy atom. The second-order valence-corrected chi connectivity index (χ2v) is 13.1. The predicted molar refractivity (Wildman–Crippen MR) is 172 cm³/mol. The molecule has 226 valence electrons. The summed E-state index contributed by atoms with van der Waals surface area (Å²) in [7, 11) is 0. The number of rotatable bonds is 6. The van der Waals surface area contributed by atoms with E-state index in [-0.39, 0.29) is 18.0 Å². The zero-order valence-corrected chi connectivity index (χ0v) is 25.9. The Balaban J connectivity index is 1.41. The van der Waals surface area contributed by atoms with Gasteiger partial charge in [-0.25, -0.2) is 9.97 Å². The van der Waals surface area contributed by atoms with Crippen molar-refractivity contribution in [3.8, 4) is 21.8 Å². The number of fused-ring (bicyclic) bond motifs is 2. The minimum absolute atomic E-state index is 0.000605. The Labute approximate surface area is 259 Å². The number of halogens is 1. The normalized spacial score (nSPS) is 16.2. The summed E-state index contributed by atoms with van der Waals surface area (Å²) in [6, 6.07) is 14.0. The van der Waals surface area contributed by atoms with E-state index in [9.17, 15) is 14.0 Å². The van der Waals surface area contributed by atoms with Crippen molar-refractivity contribution >= 4 is 45.1 Å². The number of benzene rings is 2. The lowest BCUT2D eigenvalue weighted by Crippen LogP contribution is -2.42. The van der Waals surface area contributed by atoms with Crippen molar-refractivity contribution in [2.75, 3.05) is 26.3 Å². The topological polar surface area (TPSA) is 77.3 Å². The summed E-state index contributed by atoms with van der Waals surface area (Å²) in [6.07, 6.45) is 5.61. The number of ether oxygens (including phenoxy) is 1. The monoisotopic (exact) mass is 610 g/mol. The smallest absolute Gasteiger partial charge is 0.332 e. The predicted octanol–water partition coefficient (Wildman–Crippen LogP) is 7.61.